The zero-order valence-corrected chi connectivity index (χ0v) is 20.0. The average Bonchev–Trinajstić information content (AvgIpc) is 3.45. The Kier molecular flexibility index (Phi) is 5.29. The van der Waals surface area contributed by atoms with E-state index in [1.165, 1.54) is 0 Å². The molecule has 0 aliphatic carbocycles. The van der Waals surface area contributed by atoms with Gasteiger partial charge in [-0.05, 0) is 32.0 Å². The molecule has 2 aromatic carbocycles. The second-order valence-corrected chi connectivity index (χ2v) is 9.93. The van der Waals surface area contributed by atoms with Crippen LogP contribution in [0.15, 0.2) is 58.6 Å². The molecule has 4 aromatic rings. The van der Waals surface area contributed by atoms with Crippen molar-refractivity contribution in [3.8, 4) is 22.6 Å². The van der Waals surface area contributed by atoms with E-state index in [1.807, 2.05) is 37.3 Å². The summed E-state index contributed by atoms with van der Waals surface area (Å²) in [6.07, 6.45) is 1.09. The molecule has 0 atom stereocenters. The van der Waals surface area contributed by atoms with Gasteiger partial charge in [0.2, 0.25) is 15.8 Å². The molecule has 1 aliphatic heterocycles. The molecular weight excluding hydrogens is 476 g/mol. The minimum Gasteiger partial charge on any atom is -0.336 e. The molecule has 3 heterocycles. The highest BCUT2D eigenvalue weighted by Gasteiger charge is 2.26. The molecule has 0 fully saturated rings. The quantitative estimate of drug-likeness (QED) is 0.432. The van der Waals surface area contributed by atoms with E-state index in [9.17, 15) is 8.42 Å². The van der Waals surface area contributed by atoms with Gasteiger partial charge < -0.3 is 4.98 Å². The SMILES string of the molecule is CC1=Nn2c(C)nnc2C1=Nc1nc(-c2ccccc2)[nH]c1-c1cc(Cl)ccc1NS(C)(=O)=O. The Morgan fingerprint density at radius 1 is 1.09 bits per heavy atom. The van der Waals surface area contributed by atoms with Crippen LogP contribution in [0, 0.1) is 6.92 Å². The first-order valence-electron chi connectivity index (χ1n) is 10.2. The molecule has 0 amide bonds. The minimum atomic E-state index is -3.55. The Balaban J connectivity index is 1.74. The number of imidazole rings is 1. The van der Waals surface area contributed by atoms with Crippen LogP contribution in [0.3, 0.4) is 0 Å². The van der Waals surface area contributed by atoms with Gasteiger partial charge in [-0.15, -0.1) is 10.2 Å². The maximum atomic E-state index is 12.0. The number of benzene rings is 2. The van der Waals surface area contributed by atoms with E-state index in [-0.39, 0.29) is 0 Å². The van der Waals surface area contributed by atoms with Gasteiger partial charge in [0, 0.05) is 16.1 Å². The molecule has 2 aromatic heterocycles. The minimum absolute atomic E-state index is 0.330. The molecule has 2 N–H and O–H groups in total. The monoisotopic (exact) mass is 494 g/mol. The van der Waals surface area contributed by atoms with Crippen LogP contribution in [0.4, 0.5) is 11.5 Å². The van der Waals surface area contributed by atoms with Crippen LogP contribution in [0.5, 0.6) is 0 Å². The predicted molar refractivity (Wildman–Crippen MR) is 132 cm³/mol. The highest BCUT2D eigenvalue weighted by atomic mass is 35.5. The fraction of sp³-hybridized carbons (Fsp3) is 0.136. The molecular formula is C22H19ClN8O2S. The van der Waals surface area contributed by atoms with E-state index in [0.29, 0.717) is 56.7 Å². The van der Waals surface area contributed by atoms with Crippen LogP contribution >= 0.6 is 11.6 Å². The number of hydrogen-bond acceptors (Lipinski definition) is 7. The Labute approximate surface area is 200 Å². The first-order valence-corrected chi connectivity index (χ1v) is 12.5. The number of hydrogen-bond donors (Lipinski definition) is 2. The predicted octanol–water partition coefficient (Wildman–Crippen LogP) is 4.03. The van der Waals surface area contributed by atoms with Crippen LogP contribution in [0.25, 0.3) is 22.6 Å². The standard InChI is InChI=1S/C22H19ClN8O2S/c1-12-18(22-28-27-13(2)31(22)29-12)24-21-19(25-20(26-21)14-7-5-4-6-8-14)16-11-15(23)9-10-17(16)30-34(3,32)33/h4-11,30H,1-3H3,(H,25,26). The van der Waals surface area contributed by atoms with Crippen molar-refractivity contribution in [3.63, 3.8) is 0 Å². The maximum Gasteiger partial charge on any atom is 0.229 e. The second kappa shape index (κ2) is 8.19. The molecule has 0 unspecified atom stereocenters. The Morgan fingerprint density at radius 3 is 2.59 bits per heavy atom. The van der Waals surface area contributed by atoms with E-state index in [1.54, 1.807) is 29.8 Å². The number of nitrogens with zero attached hydrogens (tertiary/aromatic N) is 6. The highest BCUT2D eigenvalue weighted by Crippen LogP contribution is 2.38. The van der Waals surface area contributed by atoms with E-state index in [2.05, 4.69) is 25.0 Å². The molecule has 12 heteroatoms. The third-order valence-corrected chi connectivity index (χ3v) is 5.92. The van der Waals surface area contributed by atoms with Gasteiger partial charge in [0.05, 0.1) is 23.3 Å². The summed E-state index contributed by atoms with van der Waals surface area (Å²) in [4.78, 5) is 12.8. The lowest BCUT2D eigenvalue weighted by Gasteiger charge is -2.11. The molecule has 5 rings (SSSR count). The van der Waals surface area contributed by atoms with Crippen LogP contribution in [0.2, 0.25) is 5.02 Å². The molecule has 0 saturated heterocycles. The van der Waals surface area contributed by atoms with Gasteiger partial charge in [-0.3, -0.25) is 4.72 Å². The zero-order valence-electron chi connectivity index (χ0n) is 18.4. The number of aryl methyl sites for hydroxylation is 1. The summed E-state index contributed by atoms with van der Waals surface area (Å²) in [6.45, 7) is 3.63. The number of nitrogens with one attached hydrogen (secondary N) is 2. The van der Waals surface area contributed by atoms with Crippen LogP contribution in [-0.4, -0.2) is 50.9 Å². The molecule has 10 nitrogen and oxygen atoms in total. The molecule has 1 aliphatic rings. The van der Waals surface area contributed by atoms with E-state index < -0.39 is 10.0 Å². The number of halogens is 1. The summed E-state index contributed by atoms with van der Waals surface area (Å²) in [5.74, 6) is 2.04. The van der Waals surface area contributed by atoms with Crippen molar-refractivity contribution < 1.29 is 8.42 Å². The second-order valence-electron chi connectivity index (χ2n) is 7.74. The lowest BCUT2D eigenvalue weighted by atomic mass is 10.1. The Morgan fingerprint density at radius 2 is 1.85 bits per heavy atom. The van der Waals surface area contributed by atoms with E-state index in [0.717, 1.165) is 11.8 Å². The topological polar surface area (TPSA) is 130 Å². The van der Waals surface area contributed by atoms with Gasteiger partial charge in [0.15, 0.2) is 11.6 Å². The number of anilines is 1. The van der Waals surface area contributed by atoms with Crippen LogP contribution in [0.1, 0.15) is 18.6 Å². The number of fused-ring (bicyclic) bond motifs is 1. The number of rotatable bonds is 5. The number of aromatic amines is 1. The van der Waals surface area contributed by atoms with Gasteiger partial charge in [-0.1, -0.05) is 41.9 Å². The van der Waals surface area contributed by atoms with Gasteiger partial charge in [0.25, 0.3) is 0 Å². The van der Waals surface area contributed by atoms with Crippen molar-refractivity contribution in [1.82, 2.24) is 24.8 Å². The van der Waals surface area contributed by atoms with E-state index in [4.69, 9.17) is 21.6 Å². The number of sulfonamides is 1. The van der Waals surface area contributed by atoms with Crippen LogP contribution in [-0.2, 0) is 10.0 Å². The summed E-state index contributed by atoms with van der Waals surface area (Å²) in [7, 11) is -3.55. The molecule has 0 bridgehead atoms. The van der Waals surface area contributed by atoms with Gasteiger partial charge in [-0.25, -0.2) is 18.4 Å². The van der Waals surface area contributed by atoms with E-state index >= 15 is 0 Å². The summed E-state index contributed by atoms with van der Waals surface area (Å²) >= 11 is 6.29. The highest BCUT2D eigenvalue weighted by molar-refractivity contribution is 7.92. The third kappa shape index (κ3) is 4.11. The number of H-pyrrole nitrogens is 1. The molecule has 0 spiro atoms. The number of aromatic nitrogens is 5. The first-order chi connectivity index (χ1) is 16.2. The summed E-state index contributed by atoms with van der Waals surface area (Å²) < 4.78 is 28.2. The van der Waals surface area contributed by atoms with Crippen LogP contribution < -0.4 is 4.72 Å². The third-order valence-electron chi connectivity index (χ3n) is 5.10. The van der Waals surface area contributed by atoms with Gasteiger partial charge in [-0.2, -0.15) is 9.78 Å². The lowest BCUT2D eigenvalue weighted by molar-refractivity contribution is 0.607. The van der Waals surface area contributed by atoms with Gasteiger partial charge in [0.1, 0.15) is 11.5 Å². The Hall–Kier alpha value is -3.83. The number of aliphatic imine (C=N–C) groups is 1. The normalized spacial score (nSPS) is 14.4. The van der Waals surface area contributed by atoms with Crippen molar-refractivity contribution in [1.29, 1.82) is 0 Å². The average molecular weight is 495 g/mol. The smallest absolute Gasteiger partial charge is 0.229 e. The van der Waals surface area contributed by atoms with Crippen molar-refractivity contribution in [2.24, 2.45) is 10.1 Å². The Bertz CT molecular complexity index is 1590. The lowest BCUT2D eigenvalue weighted by Crippen LogP contribution is -2.10. The first kappa shape index (κ1) is 22.0. The zero-order chi connectivity index (χ0) is 24.0. The van der Waals surface area contributed by atoms with Gasteiger partial charge >= 0.3 is 0 Å². The fourth-order valence-corrected chi connectivity index (χ4v) is 4.35. The molecule has 0 saturated carbocycles. The fourth-order valence-electron chi connectivity index (χ4n) is 3.60. The summed E-state index contributed by atoms with van der Waals surface area (Å²) in [5, 5.41) is 13.1. The largest absolute Gasteiger partial charge is 0.336 e. The molecule has 172 valence electrons. The van der Waals surface area contributed by atoms with Crippen molar-refractivity contribution in [2.75, 3.05) is 11.0 Å². The van der Waals surface area contributed by atoms with Crippen molar-refractivity contribution >= 4 is 44.6 Å². The maximum absolute atomic E-state index is 12.0. The molecule has 0 radical (unpaired) electrons. The summed E-state index contributed by atoms with van der Waals surface area (Å²) in [5.41, 5.74) is 3.34. The molecule has 34 heavy (non-hydrogen) atoms. The summed E-state index contributed by atoms with van der Waals surface area (Å²) in [6, 6.07) is 14.4. The van der Waals surface area contributed by atoms with Crippen molar-refractivity contribution in [2.45, 2.75) is 13.8 Å². The van der Waals surface area contributed by atoms with Crippen molar-refractivity contribution in [3.05, 3.63) is 65.2 Å².